The van der Waals surface area contributed by atoms with Gasteiger partial charge in [0.15, 0.2) is 6.10 Å². The first-order valence-corrected chi connectivity index (χ1v) is 6.12. The van der Waals surface area contributed by atoms with E-state index >= 15 is 0 Å². The lowest BCUT2D eigenvalue weighted by molar-refractivity contribution is -0.150. The fourth-order valence-electron chi connectivity index (χ4n) is 1.95. The van der Waals surface area contributed by atoms with Crippen LogP contribution >= 0.6 is 0 Å². The van der Waals surface area contributed by atoms with Gasteiger partial charge in [-0.25, -0.2) is 4.79 Å². The smallest absolute Gasteiger partial charge is 0.332 e. The Hall–Kier alpha value is -1.10. The van der Waals surface area contributed by atoms with Crippen molar-refractivity contribution < 1.29 is 19.4 Å². The summed E-state index contributed by atoms with van der Waals surface area (Å²) in [6.45, 7) is 3.45. The molecule has 0 aromatic carbocycles. The predicted molar refractivity (Wildman–Crippen MR) is 62.6 cm³/mol. The summed E-state index contributed by atoms with van der Waals surface area (Å²) in [4.78, 5) is 22.0. The molecule has 2 N–H and O–H groups in total. The maximum absolute atomic E-state index is 11.5. The van der Waals surface area contributed by atoms with Crippen LogP contribution in [-0.4, -0.2) is 35.7 Å². The lowest BCUT2D eigenvalue weighted by Crippen LogP contribution is -2.40. The van der Waals surface area contributed by atoms with E-state index in [1.54, 1.807) is 0 Å². The van der Waals surface area contributed by atoms with Gasteiger partial charge in [-0.15, -0.1) is 0 Å². The summed E-state index contributed by atoms with van der Waals surface area (Å²) in [5.74, 6) is -0.534. The lowest BCUT2D eigenvalue weighted by atomic mass is 9.87. The van der Waals surface area contributed by atoms with Gasteiger partial charge in [0.1, 0.15) is 6.61 Å². The van der Waals surface area contributed by atoms with Crippen LogP contribution in [0.15, 0.2) is 0 Å². The molecule has 98 valence electrons. The first kappa shape index (κ1) is 14.0. The summed E-state index contributed by atoms with van der Waals surface area (Å²) in [5.41, 5.74) is 0. The first-order valence-electron chi connectivity index (χ1n) is 6.12. The van der Waals surface area contributed by atoms with Gasteiger partial charge in [-0.05, 0) is 38.5 Å². The summed E-state index contributed by atoms with van der Waals surface area (Å²) in [5, 5.41) is 11.5. The Labute approximate surface area is 102 Å². The monoisotopic (exact) mass is 243 g/mol. The van der Waals surface area contributed by atoms with E-state index in [9.17, 15) is 9.59 Å². The zero-order valence-corrected chi connectivity index (χ0v) is 10.4. The van der Waals surface area contributed by atoms with Crippen molar-refractivity contribution in [3.8, 4) is 0 Å². The Morgan fingerprint density at radius 1 is 1.35 bits per heavy atom. The second kappa shape index (κ2) is 6.59. The second-order valence-corrected chi connectivity index (χ2v) is 4.82. The average Bonchev–Trinajstić information content (AvgIpc) is 2.29. The minimum absolute atomic E-state index is 0.181. The van der Waals surface area contributed by atoms with E-state index in [1.165, 1.54) is 6.92 Å². The Kier molecular flexibility index (Phi) is 5.41. The van der Waals surface area contributed by atoms with Crippen molar-refractivity contribution in [1.82, 2.24) is 5.32 Å². The minimum Gasteiger partial charge on any atom is -0.479 e. The molecular formula is C12H21NO4. The summed E-state index contributed by atoms with van der Waals surface area (Å²) in [6, 6.07) is 0.224. The number of carbonyl (C=O) groups excluding carboxylic acids is 1. The van der Waals surface area contributed by atoms with Gasteiger partial charge in [0.2, 0.25) is 5.91 Å². The molecule has 0 radical (unpaired) electrons. The molecule has 5 nitrogen and oxygen atoms in total. The van der Waals surface area contributed by atoms with E-state index < -0.39 is 12.1 Å². The van der Waals surface area contributed by atoms with Crippen LogP contribution in [0.1, 0.15) is 39.5 Å². The number of carboxylic acid groups (broad SMARTS) is 1. The van der Waals surface area contributed by atoms with Crippen LogP contribution in [-0.2, 0) is 14.3 Å². The zero-order valence-electron chi connectivity index (χ0n) is 10.4. The largest absolute Gasteiger partial charge is 0.479 e. The van der Waals surface area contributed by atoms with Crippen LogP contribution in [0, 0.1) is 5.92 Å². The molecule has 0 spiro atoms. The quantitative estimate of drug-likeness (QED) is 0.760. The normalized spacial score (nSPS) is 26.2. The number of carboxylic acids is 1. The van der Waals surface area contributed by atoms with Crippen LogP contribution in [0.3, 0.4) is 0 Å². The molecule has 17 heavy (non-hydrogen) atoms. The van der Waals surface area contributed by atoms with Crippen molar-refractivity contribution in [2.45, 2.75) is 51.7 Å². The number of amides is 1. The topological polar surface area (TPSA) is 75.6 Å². The van der Waals surface area contributed by atoms with E-state index in [1.807, 2.05) is 0 Å². The molecule has 0 aromatic heterocycles. The van der Waals surface area contributed by atoms with E-state index in [0.29, 0.717) is 0 Å². The number of hydrogen-bond donors (Lipinski definition) is 2. The summed E-state index contributed by atoms with van der Waals surface area (Å²) in [7, 11) is 0. The lowest BCUT2D eigenvalue weighted by Gasteiger charge is -2.26. The Morgan fingerprint density at radius 2 is 1.94 bits per heavy atom. The number of nitrogens with one attached hydrogen (secondary N) is 1. The summed E-state index contributed by atoms with van der Waals surface area (Å²) in [6.07, 6.45) is 3.34. The van der Waals surface area contributed by atoms with E-state index in [4.69, 9.17) is 9.84 Å². The number of hydrogen-bond acceptors (Lipinski definition) is 3. The third kappa shape index (κ3) is 5.17. The minimum atomic E-state index is -1.05. The highest BCUT2D eigenvalue weighted by atomic mass is 16.5. The number of carbonyl (C=O) groups is 2. The van der Waals surface area contributed by atoms with E-state index in [2.05, 4.69) is 12.2 Å². The fourth-order valence-corrected chi connectivity index (χ4v) is 1.95. The molecule has 0 heterocycles. The highest BCUT2D eigenvalue weighted by Crippen LogP contribution is 2.23. The van der Waals surface area contributed by atoms with Crippen LogP contribution in [0.2, 0.25) is 0 Å². The van der Waals surface area contributed by atoms with Crippen LogP contribution in [0.5, 0.6) is 0 Å². The van der Waals surface area contributed by atoms with Gasteiger partial charge in [0.05, 0.1) is 0 Å². The first-order chi connectivity index (χ1) is 7.99. The van der Waals surface area contributed by atoms with Gasteiger partial charge in [-0.1, -0.05) is 6.92 Å². The summed E-state index contributed by atoms with van der Waals surface area (Å²) >= 11 is 0. The average molecular weight is 243 g/mol. The molecule has 5 heteroatoms. The number of ether oxygens (including phenoxy) is 1. The molecule has 0 bridgehead atoms. The van der Waals surface area contributed by atoms with Crippen molar-refractivity contribution in [3.63, 3.8) is 0 Å². The molecule has 0 aromatic rings. The number of aliphatic carboxylic acids is 1. The molecule has 1 aliphatic carbocycles. The Morgan fingerprint density at radius 3 is 2.47 bits per heavy atom. The van der Waals surface area contributed by atoms with Gasteiger partial charge in [-0.3, -0.25) is 4.79 Å². The standard InChI is InChI=1S/C12H21NO4/c1-8-3-5-10(6-4-8)13-11(14)7-17-9(2)12(15)16/h8-10H,3-7H2,1-2H3,(H,13,14)(H,15,16)/t8?,9-,10?/m0/s1. The molecule has 0 aliphatic heterocycles. The third-order valence-corrected chi connectivity index (χ3v) is 3.19. The maximum Gasteiger partial charge on any atom is 0.332 e. The highest BCUT2D eigenvalue weighted by Gasteiger charge is 2.20. The van der Waals surface area contributed by atoms with Crippen molar-refractivity contribution in [2.75, 3.05) is 6.61 Å². The highest BCUT2D eigenvalue weighted by molar-refractivity contribution is 5.78. The maximum atomic E-state index is 11.5. The van der Waals surface area contributed by atoms with Crippen LogP contribution in [0.4, 0.5) is 0 Å². The zero-order chi connectivity index (χ0) is 12.8. The molecule has 1 aliphatic rings. The molecule has 1 fully saturated rings. The second-order valence-electron chi connectivity index (χ2n) is 4.82. The Balaban J connectivity index is 2.19. The molecule has 1 rings (SSSR count). The molecule has 0 unspecified atom stereocenters. The van der Waals surface area contributed by atoms with Crippen LogP contribution in [0.25, 0.3) is 0 Å². The van der Waals surface area contributed by atoms with Crippen molar-refractivity contribution in [3.05, 3.63) is 0 Å². The van der Waals surface area contributed by atoms with E-state index in [0.717, 1.165) is 31.6 Å². The molecule has 1 atom stereocenters. The molecule has 1 saturated carbocycles. The van der Waals surface area contributed by atoms with Crippen molar-refractivity contribution >= 4 is 11.9 Å². The van der Waals surface area contributed by atoms with Gasteiger partial charge in [0.25, 0.3) is 0 Å². The van der Waals surface area contributed by atoms with Crippen molar-refractivity contribution in [2.24, 2.45) is 5.92 Å². The molecule has 0 saturated heterocycles. The molecule has 1 amide bonds. The van der Waals surface area contributed by atoms with E-state index in [-0.39, 0.29) is 18.6 Å². The summed E-state index contributed by atoms with van der Waals surface area (Å²) < 4.78 is 4.92. The van der Waals surface area contributed by atoms with Gasteiger partial charge in [0, 0.05) is 6.04 Å². The Bertz CT molecular complexity index is 272. The third-order valence-electron chi connectivity index (χ3n) is 3.19. The predicted octanol–water partition coefficient (Wildman–Crippen LogP) is 1.17. The number of rotatable bonds is 5. The van der Waals surface area contributed by atoms with Gasteiger partial charge >= 0.3 is 5.97 Å². The SMILES string of the molecule is CC1CCC(NC(=O)CO[C@@H](C)C(=O)O)CC1. The van der Waals surface area contributed by atoms with Crippen LogP contribution < -0.4 is 5.32 Å². The molecular weight excluding hydrogens is 222 g/mol. The fraction of sp³-hybridized carbons (Fsp3) is 0.833. The van der Waals surface area contributed by atoms with Gasteiger partial charge in [-0.2, -0.15) is 0 Å². The van der Waals surface area contributed by atoms with Gasteiger partial charge < -0.3 is 15.2 Å². The van der Waals surface area contributed by atoms with Crippen molar-refractivity contribution in [1.29, 1.82) is 0 Å².